The number of benzene rings is 6. The zero-order valence-electron chi connectivity index (χ0n) is 26.5. The molecule has 0 radical (unpaired) electrons. The van der Waals surface area contributed by atoms with Crippen molar-refractivity contribution in [3.8, 4) is 16.8 Å². The monoisotopic (exact) mass is 601 g/mol. The summed E-state index contributed by atoms with van der Waals surface area (Å²) in [4.78, 5) is 0. The van der Waals surface area contributed by atoms with E-state index in [0.29, 0.717) is 5.92 Å². The molecule has 0 N–H and O–H groups in total. The van der Waals surface area contributed by atoms with Crippen molar-refractivity contribution in [2.75, 3.05) is 0 Å². The normalized spacial score (nSPS) is 15.9. The molecule has 1 unspecified atom stereocenters. The molecule has 1 atom stereocenters. The Kier molecular flexibility index (Phi) is 6.64. The van der Waals surface area contributed by atoms with Crippen LogP contribution >= 0.6 is 0 Å². The highest BCUT2D eigenvalue weighted by atomic mass is 15.0. The Hall–Kier alpha value is -5.66. The van der Waals surface area contributed by atoms with Gasteiger partial charge < -0.3 is 4.57 Å². The van der Waals surface area contributed by atoms with Gasteiger partial charge >= 0.3 is 0 Å². The van der Waals surface area contributed by atoms with E-state index in [9.17, 15) is 0 Å². The smallest absolute Gasteiger partial charge is 0.0541 e. The van der Waals surface area contributed by atoms with Crippen molar-refractivity contribution < 1.29 is 0 Å². The molecule has 2 aliphatic carbocycles. The minimum Gasteiger partial charge on any atom is -0.309 e. The third kappa shape index (κ3) is 4.54. The van der Waals surface area contributed by atoms with Crippen molar-refractivity contribution >= 4 is 49.8 Å². The van der Waals surface area contributed by atoms with Gasteiger partial charge in [-0.15, -0.1) is 0 Å². The van der Waals surface area contributed by atoms with Crippen molar-refractivity contribution in [3.05, 3.63) is 180 Å². The lowest BCUT2D eigenvalue weighted by Gasteiger charge is -2.28. The van der Waals surface area contributed by atoms with Crippen LogP contribution in [0.5, 0.6) is 0 Å². The number of para-hydroxylation sites is 2. The second-order valence-electron chi connectivity index (χ2n) is 12.8. The average Bonchev–Trinajstić information content (AvgIpc) is 3.25. The Morgan fingerprint density at radius 1 is 0.532 bits per heavy atom. The van der Waals surface area contributed by atoms with Gasteiger partial charge in [-0.2, -0.15) is 0 Å². The number of nitrogens with zero attached hydrogens (tertiary/aromatic N) is 1. The second kappa shape index (κ2) is 11.3. The summed E-state index contributed by atoms with van der Waals surface area (Å²) in [7, 11) is 0. The third-order valence-corrected chi connectivity index (χ3v) is 10.1. The van der Waals surface area contributed by atoms with E-state index in [2.05, 4.69) is 175 Å². The lowest BCUT2D eigenvalue weighted by molar-refractivity contribution is 0.771. The Morgan fingerprint density at radius 2 is 1.17 bits per heavy atom. The van der Waals surface area contributed by atoms with Crippen molar-refractivity contribution in [1.82, 2.24) is 4.57 Å². The quantitative estimate of drug-likeness (QED) is 0.189. The SMILES string of the molecule is CC1CC=Cc2c1c(C1=CCC=C(c3ccc4c(c3)c3ccccc3n4-c3ccccc3)C=C1)c1ccccc1c2-c1ccccc1. The second-order valence-corrected chi connectivity index (χ2v) is 12.8. The van der Waals surface area contributed by atoms with Crippen LogP contribution in [0.2, 0.25) is 0 Å². The van der Waals surface area contributed by atoms with Crippen molar-refractivity contribution in [3.63, 3.8) is 0 Å². The van der Waals surface area contributed by atoms with Crippen molar-refractivity contribution in [1.29, 1.82) is 0 Å². The first-order valence-electron chi connectivity index (χ1n) is 16.7. The predicted molar refractivity (Wildman–Crippen MR) is 202 cm³/mol. The summed E-state index contributed by atoms with van der Waals surface area (Å²) >= 11 is 0. The third-order valence-electron chi connectivity index (χ3n) is 10.1. The maximum absolute atomic E-state index is 2.43. The molecule has 6 aromatic carbocycles. The summed E-state index contributed by atoms with van der Waals surface area (Å²) in [5, 5.41) is 5.22. The molecule has 7 aromatic rings. The van der Waals surface area contributed by atoms with E-state index in [4.69, 9.17) is 0 Å². The van der Waals surface area contributed by atoms with Crippen LogP contribution in [0, 0.1) is 0 Å². The predicted octanol–water partition coefficient (Wildman–Crippen LogP) is 12.6. The van der Waals surface area contributed by atoms with Gasteiger partial charge in [-0.1, -0.05) is 140 Å². The first kappa shape index (κ1) is 27.6. The Labute approximate surface area is 276 Å². The minimum atomic E-state index is 0.436. The van der Waals surface area contributed by atoms with Crippen LogP contribution in [0.3, 0.4) is 0 Å². The largest absolute Gasteiger partial charge is 0.309 e. The molecule has 0 spiro atoms. The van der Waals surface area contributed by atoms with Crippen LogP contribution in [-0.4, -0.2) is 4.57 Å². The van der Waals surface area contributed by atoms with E-state index in [1.54, 1.807) is 0 Å². The van der Waals surface area contributed by atoms with E-state index in [0.717, 1.165) is 12.8 Å². The molecule has 0 fully saturated rings. The Morgan fingerprint density at radius 3 is 1.98 bits per heavy atom. The van der Waals surface area contributed by atoms with Crippen LogP contribution in [0.1, 0.15) is 47.9 Å². The minimum absolute atomic E-state index is 0.436. The fourth-order valence-electron chi connectivity index (χ4n) is 7.93. The molecule has 0 saturated heterocycles. The molecule has 47 heavy (non-hydrogen) atoms. The first-order valence-corrected chi connectivity index (χ1v) is 16.7. The average molecular weight is 602 g/mol. The van der Waals surface area contributed by atoms with Gasteiger partial charge in [-0.3, -0.25) is 0 Å². The number of fused-ring (bicyclic) bond motifs is 5. The molecular formula is C46H35N. The van der Waals surface area contributed by atoms with Gasteiger partial charge in [0.2, 0.25) is 0 Å². The maximum atomic E-state index is 2.43. The molecule has 224 valence electrons. The van der Waals surface area contributed by atoms with Gasteiger partial charge in [0, 0.05) is 16.5 Å². The Balaban J connectivity index is 1.17. The van der Waals surface area contributed by atoms with E-state index >= 15 is 0 Å². The lowest BCUT2D eigenvalue weighted by atomic mass is 9.76. The molecule has 9 rings (SSSR count). The molecule has 1 aromatic heterocycles. The summed E-state index contributed by atoms with van der Waals surface area (Å²) in [6, 6.07) is 46.4. The van der Waals surface area contributed by atoms with Gasteiger partial charge in [0.15, 0.2) is 0 Å². The summed E-state index contributed by atoms with van der Waals surface area (Å²) in [5.74, 6) is 0.436. The van der Waals surface area contributed by atoms with Crippen LogP contribution in [0.4, 0.5) is 0 Å². The van der Waals surface area contributed by atoms with Gasteiger partial charge in [-0.25, -0.2) is 0 Å². The number of allylic oxidation sites excluding steroid dienone is 7. The molecular weight excluding hydrogens is 567 g/mol. The number of rotatable bonds is 4. The standard InChI is InChI=1S/C46H35N/c1-31-14-12-24-40-44(31)46(39-23-9-8-22-38(39)45(40)33-15-4-2-5-16-33)34-18-13-17-32(26-27-34)35-28-29-43-41(30-35)37-21-10-11-25-42(37)47(43)36-19-6-3-7-20-36/h2-12,15-31H,13-14H2,1H3. The molecule has 0 saturated carbocycles. The van der Waals surface area contributed by atoms with Gasteiger partial charge in [0.05, 0.1) is 11.0 Å². The van der Waals surface area contributed by atoms with E-state index in [1.807, 2.05) is 0 Å². The lowest BCUT2D eigenvalue weighted by Crippen LogP contribution is -2.07. The first-order chi connectivity index (χ1) is 23.3. The van der Waals surface area contributed by atoms with Crippen LogP contribution < -0.4 is 0 Å². The highest BCUT2D eigenvalue weighted by Crippen LogP contribution is 2.47. The molecule has 2 aliphatic rings. The summed E-state index contributed by atoms with van der Waals surface area (Å²) in [6.07, 6.45) is 16.2. The van der Waals surface area contributed by atoms with E-state index in [1.165, 1.54) is 82.8 Å². The van der Waals surface area contributed by atoms with E-state index < -0.39 is 0 Å². The highest BCUT2D eigenvalue weighted by Gasteiger charge is 2.25. The van der Waals surface area contributed by atoms with Crippen LogP contribution in [0.25, 0.3) is 66.6 Å². The maximum Gasteiger partial charge on any atom is 0.0541 e. The fourth-order valence-corrected chi connectivity index (χ4v) is 7.93. The van der Waals surface area contributed by atoms with Gasteiger partial charge in [-0.05, 0) is 104 Å². The molecule has 1 heterocycles. The number of aromatic nitrogens is 1. The molecule has 0 amide bonds. The Bertz CT molecular complexity index is 2450. The summed E-state index contributed by atoms with van der Waals surface area (Å²) in [6.45, 7) is 2.39. The molecule has 0 aliphatic heterocycles. The van der Waals surface area contributed by atoms with E-state index in [-0.39, 0.29) is 0 Å². The zero-order chi connectivity index (χ0) is 31.3. The van der Waals surface area contributed by atoms with Crippen molar-refractivity contribution in [2.45, 2.75) is 25.7 Å². The molecule has 1 nitrogen and oxygen atoms in total. The number of hydrogen-bond acceptors (Lipinski definition) is 0. The summed E-state index contributed by atoms with van der Waals surface area (Å²) in [5.41, 5.74) is 14.3. The van der Waals surface area contributed by atoms with Gasteiger partial charge in [0.1, 0.15) is 0 Å². The molecule has 0 bridgehead atoms. The molecule has 1 heteroatoms. The summed E-state index contributed by atoms with van der Waals surface area (Å²) < 4.78 is 2.38. The fraction of sp³-hybridized carbons (Fsp3) is 0.0870. The van der Waals surface area contributed by atoms with Crippen LogP contribution in [-0.2, 0) is 0 Å². The zero-order valence-corrected chi connectivity index (χ0v) is 26.5. The van der Waals surface area contributed by atoms with Crippen molar-refractivity contribution in [2.24, 2.45) is 0 Å². The topological polar surface area (TPSA) is 4.93 Å². The number of hydrogen-bond donors (Lipinski definition) is 0. The highest BCUT2D eigenvalue weighted by molar-refractivity contribution is 6.11. The van der Waals surface area contributed by atoms with Crippen LogP contribution in [0.15, 0.2) is 158 Å². The van der Waals surface area contributed by atoms with Gasteiger partial charge in [0.25, 0.3) is 0 Å².